The van der Waals surface area contributed by atoms with Gasteiger partial charge in [-0.25, -0.2) is 4.79 Å². The number of aromatic nitrogens is 2. The van der Waals surface area contributed by atoms with Gasteiger partial charge in [-0.3, -0.25) is 9.48 Å². The third-order valence-electron chi connectivity index (χ3n) is 3.77. The first-order valence-electron chi connectivity index (χ1n) is 7.61. The highest BCUT2D eigenvalue weighted by Crippen LogP contribution is 2.38. The van der Waals surface area contributed by atoms with Crippen LogP contribution in [0.2, 0.25) is 0 Å². The number of methoxy groups -OCH3 is 4. The van der Waals surface area contributed by atoms with Gasteiger partial charge in [0.2, 0.25) is 5.75 Å². The van der Waals surface area contributed by atoms with E-state index < -0.39 is 11.9 Å². The maximum atomic E-state index is 12.7. The van der Waals surface area contributed by atoms with Crippen LogP contribution in [0.1, 0.15) is 26.5 Å². The molecule has 0 bridgehead atoms. The molecule has 0 fully saturated rings. The van der Waals surface area contributed by atoms with Gasteiger partial charge >= 0.3 is 5.97 Å². The van der Waals surface area contributed by atoms with Crippen molar-refractivity contribution in [2.24, 2.45) is 7.05 Å². The minimum atomic E-state index is -0.603. The molecule has 0 aliphatic heterocycles. The number of amides is 1. The fourth-order valence-electron chi connectivity index (χ4n) is 2.54. The zero-order valence-electron chi connectivity index (χ0n) is 15.5. The van der Waals surface area contributed by atoms with Gasteiger partial charge in [0.25, 0.3) is 5.91 Å². The van der Waals surface area contributed by atoms with Gasteiger partial charge in [0, 0.05) is 12.6 Å². The summed E-state index contributed by atoms with van der Waals surface area (Å²) >= 11 is 0. The van der Waals surface area contributed by atoms with Crippen molar-refractivity contribution < 1.29 is 28.5 Å². The Labute approximate surface area is 150 Å². The molecule has 1 N–H and O–H groups in total. The van der Waals surface area contributed by atoms with E-state index in [0.717, 1.165) is 0 Å². The number of carbonyl (C=O) groups is 2. The van der Waals surface area contributed by atoms with Crippen molar-refractivity contribution in [1.29, 1.82) is 0 Å². The van der Waals surface area contributed by atoms with E-state index in [4.69, 9.17) is 18.9 Å². The Hall–Kier alpha value is -3.23. The molecule has 0 saturated heterocycles. The van der Waals surface area contributed by atoms with Crippen LogP contribution in [0, 0.1) is 6.92 Å². The summed E-state index contributed by atoms with van der Waals surface area (Å²) in [6, 6.07) is 3.03. The van der Waals surface area contributed by atoms with Crippen molar-refractivity contribution in [2.75, 3.05) is 33.8 Å². The molecular formula is C17H21N3O6. The third kappa shape index (κ3) is 3.41. The molecule has 2 rings (SSSR count). The zero-order chi connectivity index (χ0) is 19.4. The number of esters is 1. The number of hydrogen-bond donors (Lipinski definition) is 1. The van der Waals surface area contributed by atoms with Crippen LogP contribution in [0.5, 0.6) is 17.2 Å². The van der Waals surface area contributed by atoms with E-state index in [1.807, 2.05) is 0 Å². The van der Waals surface area contributed by atoms with Crippen LogP contribution in [-0.2, 0) is 11.8 Å². The number of ether oxygens (including phenoxy) is 4. The lowest BCUT2D eigenvalue weighted by molar-refractivity contribution is 0.0589. The fourth-order valence-corrected chi connectivity index (χ4v) is 2.54. The third-order valence-corrected chi connectivity index (χ3v) is 3.77. The Bertz CT molecular complexity index is 818. The van der Waals surface area contributed by atoms with Crippen molar-refractivity contribution in [3.8, 4) is 17.2 Å². The second-order valence-electron chi connectivity index (χ2n) is 5.29. The van der Waals surface area contributed by atoms with Crippen molar-refractivity contribution in [3.63, 3.8) is 0 Å². The number of carbonyl (C=O) groups excluding carboxylic acids is 2. The summed E-state index contributed by atoms with van der Waals surface area (Å²) in [5.74, 6) is -0.0145. The monoisotopic (exact) mass is 363 g/mol. The lowest BCUT2D eigenvalue weighted by atomic mass is 10.1. The highest BCUT2D eigenvalue weighted by atomic mass is 16.5. The Balaban J connectivity index is 2.45. The molecule has 0 unspecified atom stereocenters. The lowest BCUT2D eigenvalue weighted by Gasteiger charge is -2.14. The summed E-state index contributed by atoms with van der Waals surface area (Å²) in [7, 11) is 7.24. The predicted octanol–water partition coefficient (Wildman–Crippen LogP) is 1.79. The van der Waals surface area contributed by atoms with E-state index in [0.29, 0.717) is 22.9 Å². The van der Waals surface area contributed by atoms with E-state index >= 15 is 0 Å². The Morgan fingerprint density at radius 2 is 1.62 bits per heavy atom. The maximum absolute atomic E-state index is 12.7. The molecule has 0 saturated carbocycles. The van der Waals surface area contributed by atoms with E-state index in [2.05, 4.69) is 10.4 Å². The average molecular weight is 363 g/mol. The molecule has 140 valence electrons. The number of hydrogen-bond acceptors (Lipinski definition) is 7. The molecule has 26 heavy (non-hydrogen) atoms. The molecule has 9 nitrogen and oxygen atoms in total. The van der Waals surface area contributed by atoms with Crippen LogP contribution in [0.25, 0.3) is 0 Å². The van der Waals surface area contributed by atoms with Crippen molar-refractivity contribution in [2.45, 2.75) is 6.92 Å². The van der Waals surface area contributed by atoms with Crippen LogP contribution in [-0.4, -0.2) is 50.1 Å². The number of nitrogens with zero attached hydrogens (tertiary/aromatic N) is 2. The van der Waals surface area contributed by atoms with Gasteiger partial charge in [-0.05, 0) is 19.1 Å². The average Bonchev–Trinajstić information content (AvgIpc) is 2.92. The molecule has 0 radical (unpaired) electrons. The summed E-state index contributed by atoms with van der Waals surface area (Å²) in [6.07, 6.45) is 0. The number of anilines is 1. The quantitative estimate of drug-likeness (QED) is 0.781. The number of benzene rings is 1. The molecular weight excluding hydrogens is 342 g/mol. The molecule has 0 atom stereocenters. The second kappa shape index (κ2) is 7.77. The standard InChI is InChI=1S/C17H21N3O6/c1-9-13(14(17(22)26-6)20(2)19-9)18-16(21)10-7-11(23-3)15(25-5)12(8-10)24-4/h7-8H,1-6H3,(H,18,21). The van der Waals surface area contributed by atoms with E-state index in [1.165, 1.54) is 45.3 Å². The molecule has 1 heterocycles. The predicted molar refractivity (Wildman–Crippen MR) is 93.3 cm³/mol. The first-order chi connectivity index (χ1) is 12.4. The van der Waals surface area contributed by atoms with Gasteiger partial charge in [0.1, 0.15) is 0 Å². The molecule has 2 aromatic rings. The molecule has 1 aromatic heterocycles. The summed E-state index contributed by atoms with van der Waals surface area (Å²) < 4.78 is 21.9. The largest absolute Gasteiger partial charge is 0.493 e. The van der Waals surface area contributed by atoms with Crippen LogP contribution in [0.4, 0.5) is 5.69 Å². The van der Waals surface area contributed by atoms with Gasteiger partial charge in [0.05, 0.1) is 39.8 Å². The van der Waals surface area contributed by atoms with Gasteiger partial charge in [-0.2, -0.15) is 5.10 Å². The van der Waals surface area contributed by atoms with Crippen LogP contribution in [0.15, 0.2) is 12.1 Å². The minimum absolute atomic E-state index is 0.144. The topological polar surface area (TPSA) is 101 Å². The highest BCUT2D eigenvalue weighted by molar-refractivity contribution is 6.08. The first kappa shape index (κ1) is 19.1. The molecule has 1 amide bonds. The number of nitrogens with one attached hydrogen (secondary N) is 1. The first-order valence-corrected chi connectivity index (χ1v) is 7.61. The van der Waals surface area contributed by atoms with Gasteiger partial charge in [0.15, 0.2) is 17.2 Å². The SMILES string of the molecule is COC(=O)c1c(NC(=O)c2cc(OC)c(OC)c(OC)c2)c(C)nn1C. The van der Waals surface area contributed by atoms with Gasteiger partial charge in [-0.1, -0.05) is 0 Å². The second-order valence-corrected chi connectivity index (χ2v) is 5.29. The van der Waals surface area contributed by atoms with Crippen molar-refractivity contribution in [1.82, 2.24) is 9.78 Å². The zero-order valence-corrected chi connectivity index (χ0v) is 15.5. The van der Waals surface area contributed by atoms with E-state index in [1.54, 1.807) is 14.0 Å². The molecule has 0 spiro atoms. The van der Waals surface area contributed by atoms with Gasteiger partial charge in [-0.15, -0.1) is 0 Å². The van der Waals surface area contributed by atoms with Crippen molar-refractivity contribution >= 4 is 17.6 Å². The number of aryl methyl sites for hydroxylation is 2. The Morgan fingerprint density at radius 1 is 1.04 bits per heavy atom. The minimum Gasteiger partial charge on any atom is -0.493 e. The lowest BCUT2D eigenvalue weighted by Crippen LogP contribution is -2.17. The smallest absolute Gasteiger partial charge is 0.358 e. The highest BCUT2D eigenvalue weighted by Gasteiger charge is 2.24. The number of rotatable bonds is 6. The molecule has 0 aliphatic carbocycles. The Morgan fingerprint density at radius 3 is 2.08 bits per heavy atom. The summed E-state index contributed by atoms with van der Waals surface area (Å²) in [5.41, 5.74) is 1.16. The van der Waals surface area contributed by atoms with Gasteiger partial charge < -0.3 is 24.3 Å². The molecule has 9 heteroatoms. The van der Waals surface area contributed by atoms with Crippen molar-refractivity contribution in [3.05, 3.63) is 29.1 Å². The summed E-state index contributed by atoms with van der Waals surface area (Å²) in [6.45, 7) is 1.68. The maximum Gasteiger partial charge on any atom is 0.358 e. The van der Waals surface area contributed by atoms with E-state index in [9.17, 15) is 9.59 Å². The van der Waals surface area contributed by atoms with Crippen LogP contribution in [0.3, 0.4) is 0 Å². The molecule has 0 aliphatic rings. The summed E-state index contributed by atoms with van der Waals surface area (Å²) in [5, 5.41) is 6.85. The Kier molecular flexibility index (Phi) is 5.71. The normalized spacial score (nSPS) is 10.2. The fraction of sp³-hybridized carbons (Fsp3) is 0.353. The summed E-state index contributed by atoms with van der Waals surface area (Å²) in [4.78, 5) is 24.7. The van der Waals surface area contributed by atoms with E-state index in [-0.39, 0.29) is 16.9 Å². The van der Waals surface area contributed by atoms with Crippen LogP contribution < -0.4 is 19.5 Å². The molecule has 1 aromatic carbocycles. The van der Waals surface area contributed by atoms with Crippen LogP contribution >= 0.6 is 0 Å².